The third-order valence-corrected chi connectivity index (χ3v) is 3.72. The second-order valence-corrected chi connectivity index (χ2v) is 6.75. The van der Waals surface area contributed by atoms with Crippen molar-refractivity contribution in [3.05, 3.63) is 47.8 Å². The average molecular weight is 400 g/mol. The fraction of sp³-hybridized carbons (Fsp3) is 0.450. The summed E-state index contributed by atoms with van der Waals surface area (Å²) in [4.78, 5) is 26.1. The molecular weight excluding hydrogens is 374 g/mol. The Morgan fingerprint density at radius 2 is 1.90 bits per heavy atom. The van der Waals surface area contributed by atoms with E-state index in [1.807, 2.05) is 19.9 Å². The van der Waals surface area contributed by atoms with Crippen LogP contribution in [0.15, 0.2) is 47.2 Å². The van der Waals surface area contributed by atoms with Crippen molar-refractivity contribution in [2.75, 3.05) is 6.54 Å². The predicted octanol–water partition coefficient (Wildman–Crippen LogP) is -0.336. The molecule has 0 saturated carbocycles. The van der Waals surface area contributed by atoms with Gasteiger partial charge in [0, 0.05) is 5.92 Å². The number of carboxylic acids is 1. The molecule has 2 N–H and O–H groups in total. The molecule has 0 aromatic heterocycles. The standard InChI is InChI=1S/C20H27FN2O5.Li/c1-13(2)9-16(18(24)23-14(3)19(25)26)10-17(21)11-22-20(27)28-12-15-7-5-4-6-8-15;/h4-8,10,13-14,16H,9,11-12H2,1-3H3,(H,22,27)(H,23,24)(H,25,26);/q;+1/p-1/b17-10-;/t14-,16+;/m0./s1. The number of benzene rings is 1. The zero-order chi connectivity index (χ0) is 21.1. The minimum atomic E-state index is -1.23. The third kappa shape index (κ3) is 11.3. The first-order valence-corrected chi connectivity index (χ1v) is 8.97. The van der Waals surface area contributed by atoms with E-state index in [-0.39, 0.29) is 31.4 Å². The van der Waals surface area contributed by atoms with Gasteiger partial charge in [0.05, 0.1) is 6.54 Å². The largest absolute Gasteiger partial charge is 1.00 e. The van der Waals surface area contributed by atoms with Crippen LogP contribution in [0.2, 0.25) is 0 Å². The molecule has 0 fully saturated rings. The Morgan fingerprint density at radius 3 is 2.45 bits per heavy atom. The van der Waals surface area contributed by atoms with Crippen molar-refractivity contribution in [3.8, 4) is 0 Å². The van der Waals surface area contributed by atoms with E-state index in [0.717, 1.165) is 11.6 Å². The van der Waals surface area contributed by atoms with Crippen LogP contribution in [0.3, 0.4) is 0 Å². The van der Waals surface area contributed by atoms with Gasteiger partial charge in [-0.15, -0.1) is 0 Å². The monoisotopic (exact) mass is 400 g/mol. The van der Waals surface area contributed by atoms with Gasteiger partial charge in [-0.1, -0.05) is 44.2 Å². The Balaban J connectivity index is 0.00000784. The first kappa shape index (κ1) is 26.7. The van der Waals surface area contributed by atoms with Crippen LogP contribution in [0.1, 0.15) is 32.8 Å². The summed E-state index contributed by atoms with van der Waals surface area (Å²) >= 11 is 0. The molecule has 29 heavy (non-hydrogen) atoms. The van der Waals surface area contributed by atoms with Crippen molar-refractivity contribution in [2.24, 2.45) is 16.8 Å². The number of aliphatic imine (C=N–C) groups is 1. The fourth-order valence-corrected chi connectivity index (χ4v) is 2.30. The van der Waals surface area contributed by atoms with Crippen molar-refractivity contribution in [3.63, 3.8) is 0 Å². The molecule has 0 saturated heterocycles. The van der Waals surface area contributed by atoms with E-state index in [4.69, 9.17) is 9.84 Å². The number of alkyl carbamates (subject to hydrolysis) is 1. The van der Waals surface area contributed by atoms with E-state index < -0.39 is 42.3 Å². The number of hydrogen-bond donors (Lipinski definition) is 2. The maximum absolute atomic E-state index is 14.2. The zero-order valence-electron chi connectivity index (χ0n) is 17.2. The average Bonchev–Trinajstić information content (AvgIpc) is 2.64. The summed E-state index contributed by atoms with van der Waals surface area (Å²) < 4.78 is 19.1. The van der Waals surface area contributed by atoms with Crippen LogP contribution in [0.4, 0.5) is 9.18 Å². The number of carbonyl (C=O) groups excluding carboxylic acids is 1. The molecule has 0 unspecified atom stereocenters. The number of hydrogen-bond acceptors (Lipinski definition) is 5. The van der Waals surface area contributed by atoms with Crippen LogP contribution in [0, 0.1) is 11.8 Å². The molecule has 2 atom stereocenters. The van der Waals surface area contributed by atoms with E-state index >= 15 is 0 Å². The second kappa shape index (κ2) is 13.8. The number of nitrogens with one attached hydrogen (secondary N) is 1. The maximum atomic E-state index is 14.2. The van der Waals surface area contributed by atoms with Gasteiger partial charge in [-0.2, -0.15) is 0 Å². The van der Waals surface area contributed by atoms with Gasteiger partial charge in [-0.25, -0.2) is 14.0 Å². The summed E-state index contributed by atoms with van der Waals surface area (Å²) in [7, 11) is 0. The van der Waals surface area contributed by atoms with Gasteiger partial charge < -0.3 is 20.3 Å². The molecule has 154 valence electrons. The predicted molar refractivity (Wildman–Crippen MR) is 101 cm³/mol. The van der Waals surface area contributed by atoms with E-state index in [1.54, 1.807) is 24.3 Å². The minimum absolute atomic E-state index is 0. The number of carboxylic acid groups (broad SMARTS) is 1. The number of aliphatic carboxylic acids is 1. The van der Waals surface area contributed by atoms with Crippen LogP contribution in [-0.2, 0) is 16.1 Å². The van der Waals surface area contributed by atoms with Crippen LogP contribution in [0.5, 0.6) is 0 Å². The van der Waals surface area contributed by atoms with Gasteiger partial charge in [-0.05, 0) is 36.8 Å². The number of halogens is 1. The normalized spacial score (nSPS) is 14.0. The number of rotatable bonds is 10. The Hall–Kier alpha value is -2.30. The van der Waals surface area contributed by atoms with Crippen LogP contribution < -0.4 is 29.3 Å². The summed E-state index contributed by atoms with van der Waals surface area (Å²) in [6.07, 6.45) is 0.585. The van der Waals surface area contributed by atoms with Crippen molar-refractivity contribution >= 4 is 18.0 Å². The summed E-state index contributed by atoms with van der Waals surface area (Å²) in [5, 5.41) is 23.3. The SMILES string of the molecule is CC(C)C[C@H](/C=C(\F)CNC(=O)OCc1ccccc1)C([O-])=N[C@@H](C)C(=O)O.[Li+]. The van der Waals surface area contributed by atoms with Crippen LogP contribution in [-0.4, -0.2) is 35.7 Å². The Bertz CT molecular complexity index is 710. The molecule has 0 aliphatic carbocycles. The molecule has 1 aromatic rings. The van der Waals surface area contributed by atoms with Crippen molar-refractivity contribution in [1.82, 2.24) is 5.32 Å². The minimum Gasteiger partial charge on any atom is -0.862 e. The van der Waals surface area contributed by atoms with Gasteiger partial charge in [0.1, 0.15) is 18.5 Å². The number of ether oxygens (including phenoxy) is 1. The zero-order valence-corrected chi connectivity index (χ0v) is 17.2. The van der Waals surface area contributed by atoms with Crippen molar-refractivity contribution in [2.45, 2.75) is 39.8 Å². The van der Waals surface area contributed by atoms with Crippen molar-refractivity contribution in [1.29, 1.82) is 0 Å². The number of carbonyl (C=O) groups is 2. The second-order valence-electron chi connectivity index (χ2n) is 6.75. The first-order valence-electron chi connectivity index (χ1n) is 8.97. The van der Waals surface area contributed by atoms with Gasteiger partial charge in [0.15, 0.2) is 0 Å². The Labute approximate surface area is 182 Å². The number of amides is 1. The molecule has 1 amide bonds. The van der Waals surface area contributed by atoms with Gasteiger partial charge in [-0.3, -0.25) is 4.99 Å². The molecule has 0 spiro atoms. The Kier molecular flexibility index (Phi) is 12.7. The first-order chi connectivity index (χ1) is 13.2. The van der Waals surface area contributed by atoms with Crippen LogP contribution in [0.25, 0.3) is 0 Å². The van der Waals surface area contributed by atoms with E-state index in [9.17, 15) is 19.1 Å². The molecule has 1 aromatic carbocycles. The van der Waals surface area contributed by atoms with Crippen LogP contribution >= 0.6 is 0 Å². The molecule has 0 heterocycles. The summed E-state index contributed by atoms with van der Waals surface area (Å²) in [6.45, 7) is 4.59. The molecule has 1 rings (SSSR count). The maximum Gasteiger partial charge on any atom is 1.00 e. The summed E-state index contributed by atoms with van der Waals surface area (Å²) in [5.74, 6) is -3.50. The summed E-state index contributed by atoms with van der Waals surface area (Å²) in [6, 6.07) is 7.82. The molecule has 9 heteroatoms. The quantitative estimate of drug-likeness (QED) is 0.317. The van der Waals surface area contributed by atoms with Gasteiger partial charge in [0.25, 0.3) is 0 Å². The van der Waals surface area contributed by atoms with E-state index in [2.05, 4.69) is 10.3 Å². The van der Waals surface area contributed by atoms with E-state index in [1.165, 1.54) is 6.92 Å². The third-order valence-electron chi connectivity index (χ3n) is 3.72. The number of nitrogens with zero attached hydrogens (tertiary/aromatic N) is 1. The Morgan fingerprint density at radius 1 is 1.28 bits per heavy atom. The van der Waals surface area contributed by atoms with Gasteiger partial charge in [0.2, 0.25) is 0 Å². The smallest absolute Gasteiger partial charge is 0.862 e. The molecule has 0 aliphatic rings. The van der Waals surface area contributed by atoms with Gasteiger partial charge >= 0.3 is 30.9 Å². The molecule has 0 radical (unpaired) electrons. The molecular formula is C20H26FLiN2O5. The molecule has 7 nitrogen and oxygen atoms in total. The topological polar surface area (TPSA) is 111 Å². The van der Waals surface area contributed by atoms with E-state index in [0.29, 0.717) is 6.42 Å². The summed E-state index contributed by atoms with van der Waals surface area (Å²) in [5.41, 5.74) is 0.797. The fourth-order valence-electron chi connectivity index (χ4n) is 2.30. The van der Waals surface area contributed by atoms with Crippen molar-refractivity contribution < 1.29 is 47.8 Å². The molecule has 0 aliphatic heterocycles. The molecule has 0 bridgehead atoms.